The van der Waals surface area contributed by atoms with Gasteiger partial charge in [0.2, 0.25) is 0 Å². The van der Waals surface area contributed by atoms with E-state index >= 15 is 0 Å². The van der Waals surface area contributed by atoms with Gasteiger partial charge in [-0.15, -0.1) is 0 Å². The molecule has 1 saturated heterocycles. The van der Waals surface area contributed by atoms with Gasteiger partial charge in [0.1, 0.15) is 12.7 Å². The van der Waals surface area contributed by atoms with Gasteiger partial charge in [-0.05, 0) is 44.0 Å². The Labute approximate surface area is 136 Å². The normalized spacial score (nSPS) is 18.1. The van der Waals surface area contributed by atoms with Crippen molar-refractivity contribution in [3.63, 3.8) is 0 Å². The maximum absolute atomic E-state index is 13.0. The third-order valence-corrected chi connectivity index (χ3v) is 4.35. The predicted molar refractivity (Wildman–Crippen MR) is 88.1 cm³/mol. The molecule has 1 fully saturated rings. The maximum atomic E-state index is 13.0. The second-order valence-electron chi connectivity index (χ2n) is 6.07. The quantitative estimate of drug-likeness (QED) is 0.906. The van der Waals surface area contributed by atoms with Crippen LogP contribution in [0.4, 0.5) is 0 Å². The number of likely N-dealkylation sites (tertiary alicyclic amines) is 1. The van der Waals surface area contributed by atoms with Crippen LogP contribution >= 0.6 is 0 Å². The summed E-state index contributed by atoms with van der Waals surface area (Å²) in [6, 6.07) is 7.79. The lowest BCUT2D eigenvalue weighted by atomic mass is 9.96. The largest absolute Gasteiger partial charge is 0.338 e. The molecule has 0 radical (unpaired) electrons. The summed E-state index contributed by atoms with van der Waals surface area (Å²) in [4.78, 5) is 18.9. The lowest BCUT2D eigenvalue weighted by Crippen LogP contribution is -2.42. The van der Waals surface area contributed by atoms with Crippen LogP contribution in [0.2, 0.25) is 0 Å². The Morgan fingerprint density at radius 3 is 3.04 bits per heavy atom. The molecule has 6 nitrogen and oxygen atoms in total. The van der Waals surface area contributed by atoms with Gasteiger partial charge in [0.05, 0.1) is 6.54 Å². The molecule has 1 aromatic carbocycles. The van der Waals surface area contributed by atoms with Gasteiger partial charge >= 0.3 is 0 Å². The zero-order chi connectivity index (χ0) is 16.1. The van der Waals surface area contributed by atoms with Crippen LogP contribution in [0.15, 0.2) is 36.9 Å². The summed E-state index contributed by atoms with van der Waals surface area (Å²) in [6.07, 6.45) is 5.44. The Hall–Kier alpha value is -2.21. The minimum atomic E-state index is 0.126. The Bertz CT molecular complexity index is 638. The van der Waals surface area contributed by atoms with Crippen molar-refractivity contribution in [1.29, 1.82) is 0 Å². The van der Waals surface area contributed by atoms with E-state index in [4.69, 9.17) is 0 Å². The zero-order valence-electron chi connectivity index (χ0n) is 13.5. The molecule has 1 amide bonds. The number of hydrogen-bond donors (Lipinski definition) is 1. The van der Waals surface area contributed by atoms with Crippen molar-refractivity contribution in [2.75, 3.05) is 26.7 Å². The van der Waals surface area contributed by atoms with Crippen molar-refractivity contribution < 1.29 is 4.79 Å². The molecule has 1 N–H and O–H groups in total. The van der Waals surface area contributed by atoms with Gasteiger partial charge in [-0.1, -0.05) is 18.2 Å². The Morgan fingerprint density at radius 2 is 2.26 bits per heavy atom. The van der Waals surface area contributed by atoms with Crippen LogP contribution < -0.4 is 5.32 Å². The summed E-state index contributed by atoms with van der Waals surface area (Å²) in [5.74, 6) is 0.668. The van der Waals surface area contributed by atoms with Gasteiger partial charge in [-0.2, -0.15) is 5.10 Å². The summed E-state index contributed by atoms with van der Waals surface area (Å²) in [7, 11) is 1.97. The van der Waals surface area contributed by atoms with Crippen molar-refractivity contribution in [3.05, 3.63) is 48.0 Å². The first kappa shape index (κ1) is 15.7. The van der Waals surface area contributed by atoms with Crippen molar-refractivity contribution in [3.8, 4) is 0 Å². The molecular weight excluding hydrogens is 290 g/mol. The smallest absolute Gasteiger partial charge is 0.254 e. The monoisotopic (exact) mass is 313 g/mol. The minimum absolute atomic E-state index is 0.126. The third-order valence-electron chi connectivity index (χ3n) is 4.35. The van der Waals surface area contributed by atoms with Crippen LogP contribution in [-0.2, 0) is 6.54 Å². The first-order valence-electron chi connectivity index (χ1n) is 8.12. The molecule has 3 rings (SSSR count). The molecule has 0 spiro atoms. The molecule has 0 saturated carbocycles. The molecule has 6 heteroatoms. The molecule has 0 aliphatic carbocycles. The summed E-state index contributed by atoms with van der Waals surface area (Å²) in [6.45, 7) is 3.20. The number of benzene rings is 1. The van der Waals surface area contributed by atoms with Gasteiger partial charge in [0, 0.05) is 18.7 Å². The van der Waals surface area contributed by atoms with E-state index in [0.29, 0.717) is 12.5 Å². The van der Waals surface area contributed by atoms with Crippen LogP contribution in [-0.4, -0.2) is 52.3 Å². The van der Waals surface area contributed by atoms with Crippen molar-refractivity contribution in [1.82, 2.24) is 25.0 Å². The fraction of sp³-hybridized carbons (Fsp3) is 0.471. The number of rotatable bonds is 5. The lowest BCUT2D eigenvalue weighted by Gasteiger charge is -2.33. The van der Waals surface area contributed by atoms with E-state index < -0.39 is 0 Å². The number of amides is 1. The second kappa shape index (κ2) is 7.37. The van der Waals surface area contributed by atoms with Gasteiger partial charge in [-0.3, -0.25) is 4.79 Å². The van der Waals surface area contributed by atoms with Crippen molar-refractivity contribution in [2.24, 2.45) is 5.92 Å². The van der Waals surface area contributed by atoms with Crippen LogP contribution in [0.25, 0.3) is 0 Å². The molecule has 0 bridgehead atoms. The molecule has 2 aromatic rings. The van der Waals surface area contributed by atoms with E-state index in [1.807, 2.05) is 36.2 Å². The predicted octanol–water partition coefficient (Wildman–Crippen LogP) is 1.40. The molecular formula is C17H23N5O. The number of hydrogen-bond acceptors (Lipinski definition) is 4. The average molecular weight is 313 g/mol. The third kappa shape index (κ3) is 3.76. The van der Waals surface area contributed by atoms with E-state index in [2.05, 4.69) is 15.4 Å². The number of carbonyl (C=O) groups is 1. The van der Waals surface area contributed by atoms with Crippen molar-refractivity contribution in [2.45, 2.75) is 19.4 Å². The number of carbonyl (C=O) groups excluding carboxylic acids is 1. The highest BCUT2D eigenvalue weighted by molar-refractivity contribution is 5.95. The Balaban J connectivity index is 1.76. The Morgan fingerprint density at radius 1 is 1.39 bits per heavy atom. The first-order valence-corrected chi connectivity index (χ1v) is 8.12. The second-order valence-corrected chi connectivity index (χ2v) is 6.07. The highest BCUT2D eigenvalue weighted by Crippen LogP contribution is 2.20. The van der Waals surface area contributed by atoms with Gasteiger partial charge < -0.3 is 10.2 Å². The van der Waals surface area contributed by atoms with E-state index in [-0.39, 0.29) is 5.91 Å². The number of piperidine rings is 1. The maximum Gasteiger partial charge on any atom is 0.254 e. The van der Waals surface area contributed by atoms with E-state index in [0.717, 1.165) is 37.2 Å². The number of nitrogens with zero attached hydrogens (tertiary/aromatic N) is 4. The van der Waals surface area contributed by atoms with Gasteiger partial charge in [-0.25, -0.2) is 9.67 Å². The van der Waals surface area contributed by atoms with Crippen LogP contribution in [0.3, 0.4) is 0 Å². The minimum Gasteiger partial charge on any atom is -0.338 e. The fourth-order valence-corrected chi connectivity index (χ4v) is 3.23. The van der Waals surface area contributed by atoms with Gasteiger partial charge in [0.25, 0.3) is 5.91 Å². The lowest BCUT2D eigenvalue weighted by molar-refractivity contribution is 0.0673. The highest BCUT2D eigenvalue weighted by Gasteiger charge is 2.25. The molecule has 1 atom stereocenters. The molecule has 1 unspecified atom stereocenters. The fourth-order valence-electron chi connectivity index (χ4n) is 3.23. The molecule has 122 valence electrons. The molecule has 2 heterocycles. The highest BCUT2D eigenvalue weighted by atomic mass is 16.2. The molecule has 1 aliphatic heterocycles. The van der Waals surface area contributed by atoms with E-state index in [1.54, 1.807) is 11.0 Å². The zero-order valence-corrected chi connectivity index (χ0v) is 13.5. The average Bonchev–Trinajstić information content (AvgIpc) is 3.08. The standard InChI is InChI=1S/C17H23N5O/c1-18-9-14-5-4-8-21(10-14)17(23)16-7-3-2-6-15(16)11-22-13-19-12-20-22/h2-3,6-7,12-14,18H,4-5,8-11H2,1H3. The molecule has 23 heavy (non-hydrogen) atoms. The van der Waals surface area contributed by atoms with E-state index in [1.165, 1.54) is 12.7 Å². The number of nitrogens with one attached hydrogen (secondary N) is 1. The Kier molecular flexibility index (Phi) is 5.02. The van der Waals surface area contributed by atoms with E-state index in [9.17, 15) is 4.79 Å². The first-order chi connectivity index (χ1) is 11.3. The SMILES string of the molecule is CNCC1CCCN(C(=O)c2ccccc2Cn2cncn2)C1. The van der Waals surface area contributed by atoms with Crippen LogP contribution in [0.5, 0.6) is 0 Å². The summed E-state index contributed by atoms with van der Waals surface area (Å²) >= 11 is 0. The van der Waals surface area contributed by atoms with Crippen LogP contribution in [0.1, 0.15) is 28.8 Å². The summed E-state index contributed by atoms with van der Waals surface area (Å²) < 4.78 is 1.74. The topological polar surface area (TPSA) is 63.1 Å². The number of aromatic nitrogens is 3. The summed E-state index contributed by atoms with van der Waals surface area (Å²) in [5, 5.41) is 7.35. The van der Waals surface area contributed by atoms with Crippen molar-refractivity contribution >= 4 is 5.91 Å². The molecule has 1 aromatic heterocycles. The summed E-state index contributed by atoms with van der Waals surface area (Å²) in [5.41, 5.74) is 1.76. The van der Waals surface area contributed by atoms with Crippen LogP contribution in [0, 0.1) is 5.92 Å². The van der Waals surface area contributed by atoms with Gasteiger partial charge in [0.15, 0.2) is 0 Å². The molecule has 1 aliphatic rings.